The first-order valence-corrected chi connectivity index (χ1v) is 12.2. The predicted octanol–water partition coefficient (Wildman–Crippen LogP) is 5.90. The number of benzene rings is 2. The van der Waals surface area contributed by atoms with E-state index in [1.807, 2.05) is 4.90 Å². The molecular weight excluding hydrogens is 486 g/mol. The van der Waals surface area contributed by atoms with Crippen LogP contribution in [0.3, 0.4) is 0 Å². The molecule has 1 aliphatic heterocycles. The Morgan fingerprint density at radius 2 is 2.14 bits per heavy atom. The van der Waals surface area contributed by atoms with Gasteiger partial charge in [-0.1, -0.05) is 23.4 Å². The summed E-state index contributed by atoms with van der Waals surface area (Å²) >= 11 is 5.70. The molecule has 1 aliphatic rings. The highest BCUT2D eigenvalue weighted by atomic mass is 35.5. The van der Waals surface area contributed by atoms with E-state index in [4.69, 9.17) is 16.3 Å². The third-order valence-corrected chi connectivity index (χ3v) is 7.03. The van der Waals surface area contributed by atoms with Gasteiger partial charge in [-0.2, -0.15) is 0 Å². The minimum absolute atomic E-state index is 0.0410. The summed E-state index contributed by atoms with van der Waals surface area (Å²) in [6.45, 7) is 1.39. The molecule has 0 aliphatic carbocycles. The van der Waals surface area contributed by atoms with E-state index >= 15 is 4.39 Å². The number of aromatic nitrogens is 1. The Bertz CT molecular complexity index is 1310. The first-order valence-electron chi connectivity index (χ1n) is 11.8. The van der Waals surface area contributed by atoms with Crippen LogP contribution in [0.5, 0.6) is 5.75 Å². The molecule has 0 saturated carbocycles. The van der Waals surface area contributed by atoms with Crippen molar-refractivity contribution in [3.63, 3.8) is 0 Å². The first kappa shape index (κ1) is 25.9. The van der Waals surface area contributed by atoms with Gasteiger partial charge in [0, 0.05) is 23.7 Å². The summed E-state index contributed by atoms with van der Waals surface area (Å²) in [4.78, 5) is 18.3. The second kappa shape index (κ2) is 11.7. The number of fused-ring (bicyclic) bond motifs is 1. The fourth-order valence-corrected chi connectivity index (χ4v) is 4.84. The van der Waals surface area contributed by atoms with Gasteiger partial charge in [-0.25, -0.2) is 8.78 Å². The number of halogens is 3. The standard InChI is InChI=1S/C28H27ClF2N2O3/c1-36-20-6-9-27-22(16-20)21(10-12-32-27)25(30)8-5-19-11-14-33(17-23(19)28(34)35)13-2-3-18-4-7-24(29)26(31)15-18/h4,6-7,9-10,12,15-16,19,23,25H,5,8,11,13-14,17H2,1H3,(H,34,35)/t19-,23+,25?/m1/s1. The van der Waals surface area contributed by atoms with E-state index in [1.54, 1.807) is 43.6 Å². The van der Waals surface area contributed by atoms with Crippen LogP contribution in [-0.2, 0) is 4.79 Å². The van der Waals surface area contributed by atoms with E-state index in [2.05, 4.69) is 16.8 Å². The molecule has 1 saturated heterocycles. The van der Waals surface area contributed by atoms with Crippen molar-refractivity contribution in [2.24, 2.45) is 11.8 Å². The minimum Gasteiger partial charge on any atom is -0.497 e. The van der Waals surface area contributed by atoms with E-state index in [1.165, 1.54) is 12.1 Å². The van der Waals surface area contributed by atoms with Gasteiger partial charge in [-0.3, -0.25) is 14.7 Å². The minimum atomic E-state index is -1.24. The quantitative estimate of drug-likeness (QED) is 0.399. The Morgan fingerprint density at radius 3 is 2.89 bits per heavy atom. The van der Waals surface area contributed by atoms with E-state index in [9.17, 15) is 14.3 Å². The number of nitrogens with zero attached hydrogens (tertiary/aromatic N) is 2. The van der Waals surface area contributed by atoms with Crippen LogP contribution in [0.15, 0.2) is 48.7 Å². The number of pyridine rings is 1. The number of ether oxygens (including phenoxy) is 1. The van der Waals surface area contributed by atoms with Crippen molar-refractivity contribution in [3.05, 3.63) is 70.6 Å². The van der Waals surface area contributed by atoms with Crippen LogP contribution in [-0.4, -0.2) is 47.7 Å². The SMILES string of the molecule is COc1ccc2nccc(C(F)CC[C@@H]3CCN(CC#Cc4ccc(Cl)c(F)c4)C[C@@H]3C(=O)O)c2c1. The molecule has 0 amide bonds. The van der Waals surface area contributed by atoms with Crippen LogP contribution in [0.4, 0.5) is 8.78 Å². The largest absolute Gasteiger partial charge is 0.497 e. The lowest BCUT2D eigenvalue weighted by molar-refractivity contribution is -0.146. The molecule has 3 atom stereocenters. The van der Waals surface area contributed by atoms with Gasteiger partial charge in [-0.15, -0.1) is 0 Å². The molecule has 0 radical (unpaired) electrons. The normalized spacial score (nSPS) is 18.9. The van der Waals surface area contributed by atoms with E-state index in [-0.39, 0.29) is 17.4 Å². The molecular formula is C28H27ClF2N2O3. The molecule has 36 heavy (non-hydrogen) atoms. The topological polar surface area (TPSA) is 62.7 Å². The number of alkyl halides is 1. The lowest BCUT2D eigenvalue weighted by Crippen LogP contribution is -2.44. The van der Waals surface area contributed by atoms with Crippen LogP contribution >= 0.6 is 11.6 Å². The third-order valence-electron chi connectivity index (χ3n) is 6.72. The van der Waals surface area contributed by atoms with Crippen LogP contribution in [0, 0.1) is 29.5 Å². The van der Waals surface area contributed by atoms with Crippen molar-refractivity contribution in [2.45, 2.75) is 25.4 Å². The third kappa shape index (κ3) is 6.13. The Kier molecular flexibility index (Phi) is 8.40. The van der Waals surface area contributed by atoms with Gasteiger partial charge < -0.3 is 9.84 Å². The number of likely N-dealkylation sites (tertiary alicyclic amines) is 1. The van der Waals surface area contributed by atoms with E-state index in [0.717, 1.165) is 0 Å². The molecule has 1 unspecified atom stereocenters. The van der Waals surface area contributed by atoms with E-state index in [0.29, 0.717) is 60.3 Å². The lowest BCUT2D eigenvalue weighted by atomic mass is 9.81. The van der Waals surface area contributed by atoms with Gasteiger partial charge in [0.2, 0.25) is 0 Å². The Labute approximate surface area is 214 Å². The van der Waals surface area contributed by atoms with Crippen molar-refractivity contribution in [1.29, 1.82) is 0 Å². The molecule has 4 rings (SSSR count). The predicted molar refractivity (Wildman–Crippen MR) is 135 cm³/mol. The Hall–Kier alpha value is -3.21. The Morgan fingerprint density at radius 1 is 1.31 bits per heavy atom. The molecule has 1 aromatic heterocycles. The highest BCUT2D eigenvalue weighted by molar-refractivity contribution is 6.30. The molecule has 0 spiro atoms. The second-order valence-corrected chi connectivity index (χ2v) is 9.39. The van der Waals surface area contributed by atoms with Gasteiger partial charge in [-0.05, 0) is 79.8 Å². The molecule has 8 heteroatoms. The van der Waals surface area contributed by atoms with Gasteiger partial charge in [0.05, 0.1) is 30.1 Å². The number of hydrogen-bond acceptors (Lipinski definition) is 4. The lowest BCUT2D eigenvalue weighted by Gasteiger charge is -2.35. The summed E-state index contributed by atoms with van der Waals surface area (Å²) in [5.41, 5.74) is 1.74. The summed E-state index contributed by atoms with van der Waals surface area (Å²) in [5.74, 6) is 4.37. The van der Waals surface area contributed by atoms with Gasteiger partial charge in [0.15, 0.2) is 0 Å². The van der Waals surface area contributed by atoms with Crippen LogP contribution in [0.2, 0.25) is 5.02 Å². The maximum absolute atomic E-state index is 15.4. The number of methoxy groups -OCH3 is 1. The molecule has 3 aromatic rings. The summed E-state index contributed by atoms with van der Waals surface area (Å²) in [6.07, 6.45) is 1.70. The average Bonchev–Trinajstić information content (AvgIpc) is 2.88. The Balaban J connectivity index is 1.37. The zero-order valence-electron chi connectivity index (χ0n) is 19.9. The summed E-state index contributed by atoms with van der Waals surface area (Å²) in [5, 5.41) is 10.6. The zero-order chi connectivity index (χ0) is 25.7. The molecule has 2 heterocycles. The number of carboxylic acids is 1. The maximum atomic E-state index is 15.4. The number of carboxylic acid groups (broad SMARTS) is 1. The summed E-state index contributed by atoms with van der Waals surface area (Å²) < 4.78 is 34.2. The first-order chi connectivity index (χ1) is 17.4. The highest BCUT2D eigenvalue weighted by Gasteiger charge is 2.34. The molecule has 2 aromatic carbocycles. The van der Waals surface area contributed by atoms with Crippen LogP contribution in [0.1, 0.15) is 36.6 Å². The fourth-order valence-electron chi connectivity index (χ4n) is 4.73. The average molecular weight is 513 g/mol. The van der Waals surface area contributed by atoms with Gasteiger partial charge in [0.1, 0.15) is 17.7 Å². The van der Waals surface area contributed by atoms with Crippen molar-refractivity contribution in [2.75, 3.05) is 26.7 Å². The molecule has 1 N–H and O–H groups in total. The van der Waals surface area contributed by atoms with Crippen molar-refractivity contribution >= 4 is 28.5 Å². The monoisotopic (exact) mass is 512 g/mol. The number of piperidine rings is 1. The molecule has 188 valence electrons. The maximum Gasteiger partial charge on any atom is 0.308 e. The second-order valence-electron chi connectivity index (χ2n) is 8.99. The summed E-state index contributed by atoms with van der Waals surface area (Å²) in [7, 11) is 1.56. The zero-order valence-corrected chi connectivity index (χ0v) is 20.6. The fraction of sp³-hybridized carbons (Fsp3) is 0.357. The molecule has 5 nitrogen and oxygen atoms in total. The van der Waals surface area contributed by atoms with E-state index < -0.39 is 23.9 Å². The smallest absolute Gasteiger partial charge is 0.308 e. The van der Waals surface area contributed by atoms with Crippen LogP contribution < -0.4 is 4.74 Å². The highest BCUT2D eigenvalue weighted by Crippen LogP contribution is 2.35. The van der Waals surface area contributed by atoms with Crippen LogP contribution in [0.25, 0.3) is 10.9 Å². The van der Waals surface area contributed by atoms with Crippen molar-refractivity contribution in [1.82, 2.24) is 9.88 Å². The number of hydrogen-bond donors (Lipinski definition) is 1. The molecule has 0 bridgehead atoms. The van der Waals surface area contributed by atoms with Crippen molar-refractivity contribution in [3.8, 4) is 17.6 Å². The van der Waals surface area contributed by atoms with Gasteiger partial charge >= 0.3 is 5.97 Å². The number of rotatable bonds is 7. The van der Waals surface area contributed by atoms with Crippen molar-refractivity contribution < 1.29 is 23.4 Å². The molecule has 1 fully saturated rings. The number of carbonyl (C=O) groups is 1. The van der Waals surface area contributed by atoms with Gasteiger partial charge in [0.25, 0.3) is 0 Å². The summed E-state index contributed by atoms with van der Waals surface area (Å²) in [6, 6.07) is 11.4. The number of aliphatic carboxylic acids is 1.